The number of anilines is 1. The Kier molecular flexibility index (Phi) is 3.83. The highest BCUT2D eigenvalue weighted by molar-refractivity contribution is 7.17. The number of aromatic nitrogens is 1. The van der Waals surface area contributed by atoms with Gasteiger partial charge in [0.2, 0.25) is 0 Å². The van der Waals surface area contributed by atoms with Gasteiger partial charge in [-0.2, -0.15) is 0 Å². The molecule has 23 heavy (non-hydrogen) atoms. The fourth-order valence-corrected chi connectivity index (χ4v) is 3.30. The van der Waals surface area contributed by atoms with Crippen LogP contribution >= 0.6 is 22.9 Å². The number of thiophene rings is 1. The molecule has 0 aliphatic rings. The van der Waals surface area contributed by atoms with E-state index in [-0.39, 0.29) is 22.0 Å². The quantitative estimate of drug-likeness (QED) is 0.743. The lowest BCUT2D eigenvalue weighted by atomic mass is 10.2. The number of carbonyl (C=O) groups is 1. The Labute approximate surface area is 138 Å². The zero-order valence-corrected chi connectivity index (χ0v) is 13.3. The van der Waals surface area contributed by atoms with Gasteiger partial charge in [-0.25, -0.2) is 4.39 Å². The van der Waals surface area contributed by atoms with Gasteiger partial charge in [-0.05, 0) is 29.6 Å². The molecule has 0 fully saturated rings. The second-order valence-corrected chi connectivity index (χ2v) is 6.12. The van der Waals surface area contributed by atoms with Crippen molar-refractivity contribution >= 4 is 44.7 Å². The molecule has 0 spiro atoms. The SMILES string of the molecule is Cn1c(=O)c(C(=O)Nc2ccc(F)cc2Cl)c(O)c2sccc21. The van der Waals surface area contributed by atoms with Gasteiger partial charge in [0, 0.05) is 7.05 Å². The Hall–Kier alpha value is -2.38. The van der Waals surface area contributed by atoms with Crippen LogP contribution in [0, 0.1) is 5.82 Å². The summed E-state index contributed by atoms with van der Waals surface area (Å²) in [5, 5.41) is 14.4. The topological polar surface area (TPSA) is 71.3 Å². The summed E-state index contributed by atoms with van der Waals surface area (Å²) in [6, 6.07) is 5.12. The first-order chi connectivity index (χ1) is 10.9. The summed E-state index contributed by atoms with van der Waals surface area (Å²) in [6.07, 6.45) is 0. The summed E-state index contributed by atoms with van der Waals surface area (Å²) in [5.41, 5.74) is -0.341. The smallest absolute Gasteiger partial charge is 0.267 e. The number of aromatic hydroxyl groups is 1. The summed E-state index contributed by atoms with van der Waals surface area (Å²) < 4.78 is 14.8. The molecule has 0 saturated heterocycles. The minimum atomic E-state index is -0.813. The van der Waals surface area contributed by atoms with Crippen molar-refractivity contribution in [2.24, 2.45) is 7.05 Å². The van der Waals surface area contributed by atoms with E-state index in [1.165, 1.54) is 29.0 Å². The molecule has 3 aromatic rings. The van der Waals surface area contributed by atoms with Gasteiger partial charge in [-0.3, -0.25) is 9.59 Å². The van der Waals surface area contributed by atoms with Crippen LogP contribution < -0.4 is 10.9 Å². The minimum Gasteiger partial charge on any atom is -0.505 e. The van der Waals surface area contributed by atoms with Gasteiger partial charge < -0.3 is 15.0 Å². The van der Waals surface area contributed by atoms with Gasteiger partial charge in [0.15, 0.2) is 5.75 Å². The number of hydrogen-bond acceptors (Lipinski definition) is 4. The second-order valence-electron chi connectivity index (χ2n) is 4.80. The van der Waals surface area contributed by atoms with Crippen molar-refractivity contribution in [3.8, 4) is 5.75 Å². The molecule has 1 aromatic carbocycles. The normalized spacial score (nSPS) is 10.9. The van der Waals surface area contributed by atoms with Crippen LogP contribution in [0.4, 0.5) is 10.1 Å². The molecule has 1 amide bonds. The largest absolute Gasteiger partial charge is 0.505 e. The number of fused-ring (bicyclic) bond motifs is 1. The number of rotatable bonds is 2. The Morgan fingerprint density at radius 1 is 1.39 bits per heavy atom. The first-order valence-electron chi connectivity index (χ1n) is 6.45. The van der Waals surface area contributed by atoms with Crippen molar-refractivity contribution in [1.29, 1.82) is 0 Å². The lowest BCUT2D eigenvalue weighted by Gasteiger charge is -2.10. The Balaban J connectivity index is 2.09. The lowest BCUT2D eigenvalue weighted by molar-refractivity contribution is 0.102. The van der Waals surface area contributed by atoms with Gasteiger partial charge in [0.05, 0.1) is 20.9 Å². The van der Waals surface area contributed by atoms with Crippen molar-refractivity contribution in [2.45, 2.75) is 0 Å². The van der Waals surface area contributed by atoms with Crippen LogP contribution in [0.15, 0.2) is 34.4 Å². The molecule has 8 heteroatoms. The molecule has 5 nitrogen and oxygen atoms in total. The van der Waals surface area contributed by atoms with Crippen molar-refractivity contribution in [3.05, 3.63) is 56.4 Å². The summed E-state index contributed by atoms with van der Waals surface area (Å²) in [7, 11) is 1.51. The van der Waals surface area contributed by atoms with E-state index in [1.807, 2.05) is 0 Å². The fraction of sp³-hybridized carbons (Fsp3) is 0.0667. The zero-order chi connectivity index (χ0) is 16.7. The molecule has 0 aliphatic carbocycles. The predicted molar refractivity (Wildman–Crippen MR) is 88.1 cm³/mol. The molecule has 0 aliphatic heterocycles. The maximum atomic E-state index is 13.0. The van der Waals surface area contributed by atoms with Crippen LogP contribution in [0.2, 0.25) is 5.02 Å². The maximum Gasteiger partial charge on any atom is 0.267 e. The van der Waals surface area contributed by atoms with E-state index < -0.39 is 17.3 Å². The Morgan fingerprint density at radius 3 is 2.83 bits per heavy atom. The summed E-state index contributed by atoms with van der Waals surface area (Å²) in [6.45, 7) is 0. The predicted octanol–water partition coefficient (Wildman–Crippen LogP) is 3.35. The summed E-state index contributed by atoms with van der Waals surface area (Å²) in [4.78, 5) is 24.7. The van der Waals surface area contributed by atoms with Crippen molar-refractivity contribution in [1.82, 2.24) is 4.57 Å². The first kappa shape index (κ1) is 15.5. The third-order valence-corrected chi connectivity index (χ3v) is 4.61. The fourth-order valence-electron chi connectivity index (χ4n) is 2.22. The van der Waals surface area contributed by atoms with Crippen LogP contribution in [-0.2, 0) is 7.05 Å². The van der Waals surface area contributed by atoms with E-state index in [0.29, 0.717) is 10.2 Å². The molecule has 2 heterocycles. The van der Waals surface area contributed by atoms with E-state index in [0.717, 1.165) is 12.1 Å². The van der Waals surface area contributed by atoms with Gasteiger partial charge in [0.25, 0.3) is 11.5 Å². The number of benzene rings is 1. The van der Waals surface area contributed by atoms with Crippen molar-refractivity contribution < 1.29 is 14.3 Å². The highest BCUT2D eigenvalue weighted by Gasteiger charge is 2.22. The number of carbonyl (C=O) groups excluding carboxylic acids is 1. The van der Waals surface area contributed by atoms with Crippen LogP contribution in [0.25, 0.3) is 10.2 Å². The van der Waals surface area contributed by atoms with Crippen molar-refractivity contribution in [3.63, 3.8) is 0 Å². The van der Waals surface area contributed by atoms with Crippen molar-refractivity contribution in [2.75, 3.05) is 5.32 Å². The summed E-state index contributed by atoms with van der Waals surface area (Å²) in [5.74, 6) is -1.74. The Morgan fingerprint density at radius 2 is 2.13 bits per heavy atom. The van der Waals surface area contributed by atoms with E-state index >= 15 is 0 Å². The standard InChI is InChI=1S/C15H10ClFN2O3S/c1-19-10-4-5-23-13(10)12(20)11(15(19)22)14(21)18-9-3-2-7(17)6-8(9)16/h2-6,20H,1H3,(H,18,21). The zero-order valence-electron chi connectivity index (χ0n) is 11.8. The molecule has 3 rings (SSSR count). The molecule has 0 unspecified atom stereocenters. The average molecular weight is 353 g/mol. The van der Waals surface area contributed by atoms with Crippen LogP contribution in [0.1, 0.15) is 10.4 Å². The molecular weight excluding hydrogens is 343 g/mol. The van der Waals surface area contributed by atoms with Crippen LogP contribution in [0.5, 0.6) is 5.75 Å². The number of hydrogen-bond donors (Lipinski definition) is 2. The molecule has 2 aromatic heterocycles. The molecule has 0 atom stereocenters. The van der Waals surface area contributed by atoms with Gasteiger partial charge in [-0.1, -0.05) is 11.6 Å². The van der Waals surface area contributed by atoms with Crippen LogP contribution in [0.3, 0.4) is 0 Å². The van der Waals surface area contributed by atoms with Gasteiger partial charge >= 0.3 is 0 Å². The minimum absolute atomic E-state index is 0.00753. The monoisotopic (exact) mass is 352 g/mol. The molecule has 0 bridgehead atoms. The number of amides is 1. The van der Waals surface area contributed by atoms with E-state index in [4.69, 9.17) is 11.6 Å². The molecule has 0 saturated carbocycles. The molecular formula is C15H10ClFN2O3S. The van der Waals surface area contributed by atoms with Gasteiger partial charge in [0.1, 0.15) is 11.4 Å². The molecule has 2 N–H and O–H groups in total. The summed E-state index contributed by atoms with van der Waals surface area (Å²) >= 11 is 7.07. The number of nitrogens with one attached hydrogen (secondary N) is 1. The third kappa shape index (κ3) is 2.58. The number of aryl methyl sites for hydroxylation is 1. The van der Waals surface area contributed by atoms with Crippen LogP contribution in [-0.4, -0.2) is 15.6 Å². The number of pyridine rings is 1. The average Bonchev–Trinajstić information content (AvgIpc) is 2.98. The molecule has 0 radical (unpaired) electrons. The van der Waals surface area contributed by atoms with Gasteiger partial charge in [-0.15, -0.1) is 11.3 Å². The second kappa shape index (κ2) is 5.68. The lowest BCUT2D eigenvalue weighted by Crippen LogP contribution is -2.28. The molecule has 118 valence electrons. The number of nitrogens with zero attached hydrogens (tertiary/aromatic N) is 1. The van der Waals surface area contributed by atoms with E-state index in [9.17, 15) is 19.1 Å². The third-order valence-electron chi connectivity index (χ3n) is 3.38. The number of halogens is 2. The Bertz CT molecular complexity index is 996. The highest BCUT2D eigenvalue weighted by Crippen LogP contribution is 2.31. The van der Waals surface area contributed by atoms with E-state index in [2.05, 4.69) is 5.32 Å². The highest BCUT2D eigenvalue weighted by atomic mass is 35.5. The first-order valence-corrected chi connectivity index (χ1v) is 7.71. The maximum absolute atomic E-state index is 13.0. The van der Waals surface area contributed by atoms with E-state index in [1.54, 1.807) is 11.4 Å².